The van der Waals surface area contributed by atoms with Crippen LogP contribution < -0.4 is 0 Å². The van der Waals surface area contributed by atoms with Gasteiger partial charge < -0.3 is 4.52 Å². The van der Waals surface area contributed by atoms with Crippen LogP contribution >= 0.6 is 0 Å². The molecular formula is C17H26N6O. The molecule has 2 aliphatic rings. The van der Waals surface area contributed by atoms with E-state index in [1.54, 1.807) is 0 Å². The van der Waals surface area contributed by atoms with Crippen molar-refractivity contribution in [3.05, 3.63) is 23.4 Å². The lowest BCUT2D eigenvalue weighted by Crippen LogP contribution is -2.39. The second-order valence-corrected chi connectivity index (χ2v) is 7.33. The zero-order valence-corrected chi connectivity index (χ0v) is 14.8. The van der Waals surface area contributed by atoms with Crippen molar-refractivity contribution in [2.75, 3.05) is 13.1 Å². The Bertz CT molecular complexity index is 704. The molecule has 0 spiro atoms. The van der Waals surface area contributed by atoms with Crippen LogP contribution in [-0.2, 0) is 6.54 Å². The van der Waals surface area contributed by atoms with Crippen molar-refractivity contribution in [1.29, 1.82) is 0 Å². The molecular weight excluding hydrogens is 304 g/mol. The van der Waals surface area contributed by atoms with Crippen LogP contribution in [0, 0.1) is 19.8 Å². The quantitative estimate of drug-likeness (QED) is 0.839. The normalized spacial score (nSPS) is 23.5. The average Bonchev–Trinajstić information content (AvgIpc) is 3.22. The van der Waals surface area contributed by atoms with Gasteiger partial charge in [0.1, 0.15) is 11.6 Å². The lowest BCUT2D eigenvalue weighted by Gasteiger charge is -2.35. The number of hydrogen-bond acceptors (Lipinski definition) is 6. The number of nitrogens with zero attached hydrogens (tertiary/aromatic N) is 6. The maximum Gasteiger partial charge on any atom is 0.243 e. The fraction of sp³-hybridized carbons (Fsp3) is 0.765. The molecule has 1 saturated heterocycles. The minimum Gasteiger partial charge on any atom is -0.338 e. The van der Waals surface area contributed by atoms with Crippen LogP contribution in [0.15, 0.2) is 4.52 Å². The molecule has 0 bridgehead atoms. The van der Waals surface area contributed by atoms with Gasteiger partial charge in [0.05, 0.1) is 6.04 Å². The first-order valence-electron chi connectivity index (χ1n) is 9.05. The van der Waals surface area contributed by atoms with Crippen molar-refractivity contribution < 1.29 is 4.52 Å². The monoisotopic (exact) mass is 330 g/mol. The van der Waals surface area contributed by atoms with Gasteiger partial charge in [0.25, 0.3) is 0 Å². The van der Waals surface area contributed by atoms with Gasteiger partial charge in [-0.1, -0.05) is 5.16 Å². The Morgan fingerprint density at radius 2 is 2.04 bits per heavy atom. The summed E-state index contributed by atoms with van der Waals surface area (Å²) in [6.45, 7) is 9.23. The second-order valence-electron chi connectivity index (χ2n) is 7.33. The van der Waals surface area contributed by atoms with E-state index < -0.39 is 0 Å². The van der Waals surface area contributed by atoms with Gasteiger partial charge in [0.15, 0.2) is 5.82 Å². The lowest BCUT2D eigenvalue weighted by molar-refractivity contribution is 0.102. The topological polar surface area (TPSA) is 72.9 Å². The molecule has 1 saturated carbocycles. The van der Waals surface area contributed by atoms with Gasteiger partial charge in [0, 0.05) is 19.0 Å². The van der Waals surface area contributed by atoms with Crippen molar-refractivity contribution in [3.63, 3.8) is 0 Å². The average molecular weight is 330 g/mol. The number of aryl methyl sites for hydroxylation is 2. The molecule has 7 heteroatoms. The standard InChI is InChI=1S/C17H26N6O/c1-11(17-19-16(21-24-17)15-6-7-15)22-8-4-5-14(9-22)10-23-13(3)18-12(2)20-23/h11,14-15H,4-10H2,1-3H3/t11-,14+/m0/s1. The molecule has 24 heavy (non-hydrogen) atoms. The summed E-state index contributed by atoms with van der Waals surface area (Å²) in [6.07, 6.45) is 4.84. The molecule has 2 fully saturated rings. The molecule has 1 aliphatic carbocycles. The molecule has 0 N–H and O–H groups in total. The Morgan fingerprint density at radius 3 is 2.75 bits per heavy atom. The van der Waals surface area contributed by atoms with Gasteiger partial charge in [-0.05, 0) is 58.9 Å². The second kappa shape index (κ2) is 6.27. The van der Waals surface area contributed by atoms with Crippen LogP contribution in [0.2, 0.25) is 0 Å². The van der Waals surface area contributed by atoms with E-state index in [1.807, 2.05) is 18.5 Å². The molecule has 1 aliphatic heterocycles. The first-order valence-corrected chi connectivity index (χ1v) is 9.05. The van der Waals surface area contributed by atoms with Crippen molar-refractivity contribution in [2.45, 2.75) is 65.0 Å². The molecule has 2 aromatic heterocycles. The van der Waals surface area contributed by atoms with Gasteiger partial charge in [-0.25, -0.2) is 9.67 Å². The molecule has 7 nitrogen and oxygen atoms in total. The van der Waals surface area contributed by atoms with Gasteiger partial charge in [-0.2, -0.15) is 10.1 Å². The SMILES string of the molecule is Cc1nc(C)n(C[C@@H]2CCCN([C@@H](C)c3nc(C4CC4)no3)C2)n1. The molecule has 2 aromatic rings. The van der Waals surface area contributed by atoms with E-state index in [2.05, 4.69) is 32.0 Å². The summed E-state index contributed by atoms with van der Waals surface area (Å²) in [4.78, 5) is 11.5. The minimum absolute atomic E-state index is 0.186. The van der Waals surface area contributed by atoms with Gasteiger partial charge >= 0.3 is 0 Å². The van der Waals surface area contributed by atoms with Crippen LogP contribution in [0.3, 0.4) is 0 Å². The molecule has 4 rings (SSSR count). The Balaban J connectivity index is 1.40. The molecule has 130 valence electrons. The highest BCUT2D eigenvalue weighted by Gasteiger charge is 2.32. The third-order valence-electron chi connectivity index (χ3n) is 5.25. The van der Waals surface area contributed by atoms with Crippen LogP contribution in [-0.4, -0.2) is 42.9 Å². The lowest BCUT2D eigenvalue weighted by atomic mass is 9.97. The molecule has 0 amide bonds. The van der Waals surface area contributed by atoms with Crippen molar-refractivity contribution in [2.24, 2.45) is 5.92 Å². The van der Waals surface area contributed by atoms with E-state index >= 15 is 0 Å². The number of rotatable bonds is 5. The predicted molar refractivity (Wildman–Crippen MR) is 88.5 cm³/mol. The van der Waals surface area contributed by atoms with E-state index in [0.29, 0.717) is 11.8 Å². The Hall–Kier alpha value is -1.76. The molecule has 2 atom stereocenters. The minimum atomic E-state index is 0.186. The summed E-state index contributed by atoms with van der Waals surface area (Å²) in [5.74, 6) is 4.66. The summed E-state index contributed by atoms with van der Waals surface area (Å²) >= 11 is 0. The van der Waals surface area contributed by atoms with Crippen molar-refractivity contribution in [3.8, 4) is 0 Å². The summed E-state index contributed by atoms with van der Waals surface area (Å²) < 4.78 is 7.57. The van der Waals surface area contributed by atoms with E-state index in [1.165, 1.54) is 25.7 Å². The third kappa shape index (κ3) is 3.22. The third-order valence-corrected chi connectivity index (χ3v) is 5.25. The zero-order chi connectivity index (χ0) is 16.7. The number of likely N-dealkylation sites (tertiary alicyclic amines) is 1. The first kappa shape index (κ1) is 15.7. The van der Waals surface area contributed by atoms with E-state index in [-0.39, 0.29) is 6.04 Å². The maximum atomic E-state index is 5.53. The van der Waals surface area contributed by atoms with Crippen LogP contribution in [0.1, 0.15) is 67.9 Å². The summed E-state index contributed by atoms with van der Waals surface area (Å²) in [5.41, 5.74) is 0. The highest BCUT2D eigenvalue weighted by atomic mass is 16.5. The van der Waals surface area contributed by atoms with Gasteiger partial charge in [-0.15, -0.1) is 0 Å². The molecule has 0 unspecified atom stereocenters. The van der Waals surface area contributed by atoms with Gasteiger partial charge in [0.2, 0.25) is 5.89 Å². The van der Waals surface area contributed by atoms with Crippen molar-refractivity contribution in [1.82, 2.24) is 29.8 Å². The molecule has 3 heterocycles. The Labute approximate surface area is 142 Å². The summed E-state index contributed by atoms with van der Waals surface area (Å²) in [5, 5.41) is 8.67. The molecule has 0 aromatic carbocycles. The van der Waals surface area contributed by atoms with E-state index in [9.17, 15) is 0 Å². The van der Waals surface area contributed by atoms with E-state index in [0.717, 1.165) is 43.0 Å². The Kier molecular flexibility index (Phi) is 4.12. The van der Waals surface area contributed by atoms with Crippen LogP contribution in [0.4, 0.5) is 0 Å². The zero-order valence-electron chi connectivity index (χ0n) is 14.8. The molecule has 0 radical (unpaired) electrons. The highest BCUT2D eigenvalue weighted by molar-refractivity contribution is 5.05. The van der Waals surface area contributed by atoms with E-state index in [4.69, 9.17) is 4.52 Å². The first-order chi connectivity index (χ1) is 11.6. The smallest absolute Gasteiger partial charge is 0.243 e. The van der Waals surface area contributed by atoms with Crippen molar-refractivity contribution >= 4 is 0 Å². The number of piperidine rings is 1. The maximum absolute atomic E-state index is 5.53. The number of hydrogen-bond donors (Lipinski definition) is 0. The van der Waals surface area contributed by atoms with Crippen LogP contribution in [0.25, 0.3) is 0 Å². The van der Waals surface area contributed by atoms with Crippen LogP contribution in [0.5, 0.6) is 0 Å². The summed E-state index contributed by atoms with van der Waals surface area (Å²) in [7, 11) is 0. The highest BCUT2D eigenvalue weighted by Crippen LogP contribution is 2.39. The van der Waals surface area contributed by atoms with Gasteiger partial charge in [-0.3, -0.25) is 4.90 Å². The largest absolute Gasteiger partial charge is 0.338 e. The fourth-order valence-electron chi connectivity index (χ4n) is 3.66. The predicted octanol–water partition coefficient (Wildman–Crippen LogP) is 2.63. The fourth-order valence-corrected chi connectivity index (χ4v) is 3.66. The number of aromatic nitrogens is 5. The Morgan fingerprint density at radius 1 is 1.21 bits per heavy atom. The summed E-state index contributed by atoms with van der Waals surface area (Å²) in [6, 6.07) is 0.186.